The number of ether oxygens (including phenoxy) is 1. The van der Waals surface area contributed by atoms with E-state index in [1.807, 2.05) is 24.3 Å². The predicted octanol–water partition coefficient (Wildman–Crippen LogP) is 3.53. The van der Waals surface area contributed by atoms with Crippen LogP contribution in [0.1, 0.15) is 39.3 Å². The Hall–Kier alpha value is -3.98. The van der Waals surface area contributed by atoms with Crippen molar-refractivity contribution >= 4 is 16.6 Å². The number of H-pyrrole nitrogens is 1. The van der Waals surface area contributed by atoms with Crippen molar-refractivity contribution in [2.75, 3.05) is 26.2 Å². The normalized spacial score (nSPS) is 19.1. The van der Waals surface area contributed by atoms with E-state index in [0.717, 1.165) is 29.5 Å². The van der Waals surface area contributed by atoms with Crippen molar-refractivity contribution in [2.45, 2.75) is 44.8 Å². The van der Waals surface area contributed by atoms with Crippen LogP contribution in [-0.4, -0.2) is 68.2 Å². The maximum atomic E-state index is 10.4. The number of nitrogens with zero attached hydrogens (tertiary/aromatic N) is 4. The number of hydrogen-bond donors (Lipinski definition) is 4. The van der Waals surface area contributed by atoms with Crippen molar-refractivity contribution in [3.05, 3.63) is 84.8 Å². The largest absolute Gasteiger partial charge is 0.488 e. The number of rotatable bonds is 10. The molecule has 2 fully saturated rings. The maximum absolute atomic E-state index is 10.4. The van der Waals surface area contributed by atoms with Crippen molar-refractivity contribution in [2.24, 2.45) is 16.5 Å². The highest BCUT2D eigenvalue weighted by atomic mass is 16.5. The van der Waals surface area contributed by atoms with Gasteiger partial charge in [0.2, 0.25) is 0 Å². The van der Waals surface area contributed by atoms with Crippen LogP contribution in [0.4, 0.5) is 0 Å². The number of aromatic amines is 1. The topological polar surface area (TPSA) is 129 Å². The Kier molecular flexibility index (Phi) is 7.68. The summed E-state index contributed by atoms with van der Waals surface area (Å²) in [5.74, 6) is 2.00. The van der Waals surface area contributed by atoms with Gasteiger partial charge in [0.15, 0.2) is 0 Å². The molecule has 1 aliphatic carbocycles. The molecular weight excluding hydrogens is 478 g/mol. The second-order valence-corrected chi connectivity index (χ2v) is 10.6. The molecule has 202 valence electrons. The molecule has 4 rings (SSSR count). The monoisotopic (exact) mass is 517 g/mol. The highest BCUT2D eigenvalue weighted by Gasteiger charge is 2.40. The number of nitrogens with one attached hydrogen (secondary N) is 1. The van der Waals surface area contributed by atoms with Gasteiger partial charge in [-0.05, 0) is 63.5 Å². The summed E-state index contributed by atoms with van der Waals surface area (Å²) in [4.78, 5) is 8.65. The van der Waals surface area contributed by atoms with Crippen molar-refractivity contribution in [3.63, 3.8) is 0 Å². The number of allylic oxidation sites excluding steroid dienone is 3. The first kappa shape index (κ1) is 27.1. The van der Waals surface area contributed by atoms with Crippen LogP contribution in [0.3, 0.4) is 0 Å². The smallest absolute Gasteiger partial charge is 0.120 e. The number of aliphatic hydroxyl groups is 1. The zero-order valence-electron chi connectivity index (χ0n) is 22.6. The molecule has 1 aromatic heterocycles. The van der Waals surface area contributed by atoms with Gasteiger partial charge in [-0.25, -0.2) is 0 Å². The van der Waals surface area contributed by atoms with Gasteiger partial charge in [0.1, 0.15) is 22.9 Å². The van der Waals surface area contributed by atoms with Crippen LogP contribution in [0.15, 0.2) is 84.1 Å². The van der Waals surface area contributed by atoms with Gasteiger partial charge >= 0.3 is 0 Å². The van der Waals surface area contributed by atoms with Crippen LogP contribution < -0.4 is 16.2 Å². The van der Waals surface area contributed by atoms with Gasteiger partial charge in [-0.15, -0.1) is 0 Å². The molecule has 1 saturated heterocycles. The Morgan fingerprint density at radius 2 is 1.76 bits per heavy atom. The molecule has 1 aromatic carbocycles. The highest BCUT2D eigenvalue weighted by Crippen LogP contribution is 2.40. The van der Waals surface area contributed by atoms with Gasteiger partial charge in [0.25, 0.3) is 0 Å². The Bertz CT molecular complexity index is 1310. The molecule has 1 aliphatic heterocycles. The van der Waals surface area contributed by atoms with Crippen LogP contribution in [0.25, 0.3) is 10.9 Å². The summed E-state index contributed by atoms with van der Waals surface area (Å²) in [6.07, 6.45) is 10.7. The SMILES string of the molecule is C=C/C=C(\C=C(/N)N1CCN(/C(N)=C/C(=N\C=C)c2n[nH]c3ccc(OC4(C)CC4)cc23)CC1)C(C)(C)O. The highest BCUT2D eigenvalue weighted by molar-refractivity contribution is 6.15. The lowest BCUT2D eigenvalue weighted by atomic mass is 9.97. The molecule has 0 unspecified atom stereocenters. The van der Waals surface area contributed by atoms with E-state index in [1.165, 1.54) is 6.20 Å². The molecule has 6 N–H and O–H groups in total. The molecule has 9 nitrogen and oxygen atoms in total. The van der Waals surface area contributed by atoms with Gasteiger partial charge in [-0.2, -0.15) is 5.10 Å². The molecule has 0 bridgehead atoms. The third-order valence-electron chi connectivity index (χ3n) is 6.93. The van der Waals surface area contributed by atoms with Crippen LogP contribution in [0.5, 0.6) is 5.75 Å². The third kappa shape index (κ3) is 6.28. The van der Waals surface area contributed by atoms with E-state index in [0.29, 0.717) is 54.8 Å². The van der Waals surface area contributed by atoms with Crippen molar-refractivity contribution in [3.8, 4) is 5.75 Å². The third-order valence-corrected chi connectivity index (χ3v) is 6.93. The molecule has 9 heteroatoms. The zero-order valence-corrected chi connectivity index (χ0v) is 22.6. The number of nitrogens with two attached hydrogens (primary N) is 2. The number of aliphatic imine (C=N–C) groups is 1. The summed E-state index contributed by atoms with van der Waals surface area (Å²) < 4.78 is 6.15. The molecule has 1 saturated carbocycles. The molecule has 38 heavy (non-hydrogen) atoms. The standard InChI is InChI=1S/C29H39N7O2/c1-6-8-20(28(3,4)37)17-25(30)35-13-15-36(16-14-35)26(31)19-24(32-7-2)27-22-18-21(38-29(5)11-12-29)9-10-23(22)33-34-27/h6-10,17-19,37H,1-2,11-16,30-31H2,3-5H3,(H,33,34)/b20-8+,25-17+,26-19+,32-24+. The molecule has 0 atom stereocenters. The number of benzene rings is 1. The number of fused-ring (bicyclic) bond motifs is 1. The summed E-state index contributed by atoms with van der Waals surface area (Å²) in [6.45, 7) is 15.8. The van der Waals surface area contributed by atoms with Gasteiger partial charge < -0.3 is 31.1 Å². The summed E-state index contributed by atoms with van der Waals surface area (Å²) in [7, 11) is 0. The van der Waals surface area contributed by atoms with Gasteiger partial charge in [0, 0.05) is 43.8 Å². The zero-order chi connectivity index (χ0) is 27.5. The van der Waals surface area contributed by atoms with Gasteiger partial charge in [-0.3, -0.25) is 10.1 Å². The Morgan fingerprint density at radius 1 is 1.13 bits per heavy atom. The predicted molar refractivity (Wildman–Crippen MR) is 153 cm³/mol. The van der Waals surface area contributed by atoms with E-state index < -0.39 is 5.60 Å². The van der Waals surface area contributed by atoms with Crippen LogP contribution in [0.2, 0.25) is 0 Å². The lowest BCUT2D eigenvalue weighted by molar-refractivity contribution is 0.123. The van der Waals surface area contributed by atoms with E-state index in [1.54, 1.807) is 32.1 Å². The molecule has 0 amide bonds. The molecule has 2 aromatic rings. The minimum Gasteiger partial charge on any atom is -0.488 e. The van der Waals surface area contributed by atoms with E-state index >= 15 is 0 Å². The number of aromatic nitrogens is 2. The van der Waals surface area contributed by atoms with E-state index in [-0.39, 0.29) is 5.60 Å². The van der Waals surface area contributed by atoms with Crippen molar-refractivity contribution in [1.29, 1.82) is 0 Å². The first-order valence-electron chi connectivity index (χ1n) is 12.9. The summed E-state index contributed by atoms with van der Waals surface area (Å²) in [5.41, 5.74) is 14.7. The minimum atomic E-state index is -1.02. The summed E-state index contributed by atoms with van der Waals surface area (Å²) in [5, 5.41) is 18.9. The fourth-order valence-electron chi connectivity index (χ4n) is 4.34. The fraction of sp³-hybridized carbons (Fsp3) is 0.379. The fourth-order valence-corrected chi connectivity index (χ4v) is 4.34. The minimum absolute atomic E-state index is 0.0710. The quantitative estimate of drug-likeness (QED) is 0.280. The second-order valence-electron chi connectivity index (χ2n) is 10.6. The molecule has 0 spiro atoms. The van der Waals surface area contributed by atoms with Crippen LogP contribution >= 0.6 is 0 Å². The van der Waals surface area contributed by atoms with Crippen molar-refractivity contribution < 1.29 is 9.84 Å². The molecule has 2 heterocycles. The van der Waals surface area contributed by atoms with Crippen molar-refractivity contribution in [1.82, 2.24) is 20.0 Å². The van der Waals surface area contributed by atoms with Gasteiger partial charge in [0.05, 0.1) is 22.7 Å². The number of piperazine rings is 1. The average molecular weight is 518 g/mol. The Balaban J connectivity index is 1.49. The lowest BCUT2D eigenvalue weighted by Gasteiger charge is -2.37. The van der Waals surface area contributed by atoms with Gasteiger partial charge in [-0.1, -0.05) is 25.3 Å². The Morgan fingerprint density at radius 3 is 2.32 bits per heavy atom. The number of hydrogen-bond acceptors (Lipinski definition) is 8. The Labute approximate surface area is 224 Å². The summed E-state index contributed by atoms with van der Waals surface area (Å²) in [6, 6.07) is 5.92. The van der Waals surface area contributed by atoms with E-state index in [2.05, 4.69) is 45.1 Å². The van der Waals surface area contributed by atoms with E-state index in [9.17, 15) is 5.11 Å². The first-order chi connectivity index (χ1) is 18.0. The summed E-state index contributed by atoms with van der Waals surface area (Å²) >= 11 is 0. The van der Waals surface area contributed by atoms with E-state index in [4.69, 9.17) is 16.2 Å². The molecule has 2 aliphatic rings. The molecule has 0 radical (unpaired) electrons. The van der Waals surface area contributed by atoms with Crippen LogP contribution in [-0.2, 0) is 0 Å². The maximum Gasteiger partial charge on any atom is 0.120 e. The first-order valence-corrected chi connectivity index (χ1v) is 12.9. The lowest BCUT2D eigenvalue weighted by Crippen LogP contribution is -2.48. The van der Waals surface area contributed by atoms with Crippen LogP contribution in [0, 0.1) is 0 Å². The average Bonchev–Trinajstić information content (AvgIpc) is 3.45. The second kappa shape index (κ2) is 10.8. The molecular formula is C29H39N7O2.